The van der Waals surface area contributed by atoms with E-state index in [1.165, 1.54) is 140 Å². The van der Waals surface area contributed by atoms with Gasteiger partial charge in [0, 0.05) is 67.5 Å². The third-order valence-electron chi connectivity index (χ3n) is 20.2. The molecule has 0 radical (unpaired) electrons. The summed E-state index contributed by atoms with van der Waals surface area (Å²) < 4.78 is 17.5. The third kappa shape index (κ3) is 14.8. The highest BCUT2D eigenvalue weighted by Crippen LogP contribution is 2.44. The quantitative estimate of drug-likeness (QED) is 0.151. The zero-order chi connectivity index (χ0) is 72.3. The molecule has 0 saturated carbocycles. The fraction of sp³-hybridized carbons (Fsp3) is 0.265. The van der Waals surface area contributed by atoms with Crippen molar-refractivity contribution in [2.75, 3.05) is 0 Å². The predicted octanol–water partition coefficient (Wildman–Crippen LogP) is 29.6. The van der Waals surface area contributed by atoms with E-state index < -0.39 is 0 Å². The fourth-order valence-corrected chi connectivity index (χ4v) is 16.8. The lowest BCUT2D eigenvalue weighted by Gasteiger charge is -2.20. The maximum absolute atomic E-state index is 6.01. The van der Waals surface area contributed by atoms with Crippen LogP contribution >= 0.6 is 22.7 Å². The van der Waals surface area contributed by atoms with Crippen LogP contribution in [0.25, 0.3) is 106 Å². The zero-order valence-electron chi connectivity index (χ0n) is 63.3. The minimum absolute atomic E-state index is 0.105. The Kier molecular flexibility index (Phi) is 19.4. The van der Waals surface area contributed by atoms with Crippen molar-refractivity contribution >= 4 is 107 Å². The minimum Gasteiger partial charge on any atom is -0.456 e. The summed E-state index contributed by atoms with van der Waals surface area (Å²) in [6, 6.07) is 91.5. The molecule has 0 aliphatic heterocycles. The van der Waals surface area contributed by atoms with Crippen LogP contribution in [0.4, 0.5) is 0 Å². The molecular weight excluding hydrogens is 1270 g/mol. The molecule has 18 rings (SSSR count). The number of fused-ring (bicyclic) bond motifs is 18. The van der Waals surface area contributed by atoms with E-state index in [2.05, 4.69) is 349 Å². The summed E-state index contributed by atoms with van der Waals surface area (Å²) >= 11 is 3.77. The van der Waals surface area contributed by atoms with Crippen LogP contribution < -0.4 is 0 Å². The summed E-state index contributed by atoms with van der Waals surface area (Å²) in [5.41, 5.74) is 25.0. The van der Waals surface area contributed by atoms with E-state index >= 15 is 0 Å². The summed E-state index contributed by atoms with van der Waals surface area (Å²) in [4.78, 5) is 0. The smallest absolute Gasteiger partial charge is 0.139 e. The minimum atomic E-state index is 0.105. The van der Waals surface area contributed by atoms with Gasteiger partial charge >= 0.3 is 0 Å². The van der Waals surface area contributed by atoms with Crippen molar-refractivity contribution < 1.29 is 8.83 Å². The Hall–Kier alpha value is -9.32. The Labute approximate surface area is 614 Å². The molecule has 4 heterocycles. The van der Waals surface area contributed by atoms with Gasteiger partial charge in [-0.3, -0.25) is 0 Å². The first-order chi connectivity index (χ1) is 48.4. The van der Waals surface area contributed by atoms with E-state index in [9.17, 15) is 0 Å². The molecule has 0 atom stereocenters. The molecule has 0 fully saturated rings. The lowest BCUT2D eigenvalue weighted by atomic mass is 9.84. The second-order valence-corrected chi connectivity index (χ2v) is 36.2. The number of hydrogen-bond donors (Lipinski definition) is 0. The largest absolute Gasteiger partial charge is 0.456 e. The summed E-state index contributed by atoms with van der Waals surface area (Å²) in [7, 11) is 0. The number of thiophene rings is 2. The summed E-state index contributed by atoms with van der Waals surface area (Å²) in [5, 5.41) is 10.5. The van der Waals surface area contributed by atoms with Crippen LogP contribution in [0.15, 0.2) is 264 Å². The van der Waals surface area contributed by atoms with E-state index in [1.807, 2.05) is 53.0 Å². The van der Waals surface area contributed by atoms with Gasteiger partial charge in [0.25, 0.3) is 0 Å². The first-order valence-corrected chi connectivity index (χ1v) is 38.1. The highest BCUT2D eigenvalue weighted by atomic mass is 32.1. The van der Waals surface area contributed by atoms with E-state index in [4.69, 9.17) is 8.83 Å². The molecule has 0 spiro atoms. The molecule has 4 aromatic heterocycles. The van der Waals surface area contributed by atoms with E-state index in [0.717, 1.165) is 35.2 Å². The molecule has 12 aromatic carbocycles. The van der Waals surface area contributed by atoms with Crippen LogP contribution in [0, 0.1) is 0 Å². The van der Waals surface area contributed by atoms with Crippen LogP contribution in [0.1, 0.15) is 180 Å². The number of para-hydroxylation sites is 3. The molecule has 2 aliphatic carbocycles. The first-order valence-electron chi connectivity index (χ1n) is 36.5. The molecule has 2 nitrogen and oxygen atoms in total. The predicted molar refractivity (Wildman–Crippen MR) is 448 cm³/mol. The van der Waals surface area contributed by atoms with Gasteiger partial charge < -0.3 is 8.83 Å². The highest BCUT2D eigenvalue weighted by Gasteiger charge is 2.26. The van der Waals surface area contributed by atoms with E-state index in [-0.39, 0.29) is 32.5 Å². The fourth-order valence-electron chi connectivity index (χ4n) is 14.6. The molecule has 2 aliphatic rings. The normalized spacial score (nSPS) is 12.7. The Bertz CT molecular complexity index is 5460. The van der Waals surface area contributed by atoms with Gasteiger partial charge in [-0.1, -0.05) is 331 Å². The second kappa shape index (κ2) is 27.8. The maximum atomic E-state index is 6.01. The monoisotopic (exact) mass is 1370 g/mol. The standard InChI is InChI=1S/2C17H18.2C16H16O.2C16H16S/c2*1-17(2,3)14-8-9-16-13(11-14)10-12-6-4-5-7-15(12)16;1-16(2,3)13-9-6-8-12-11-7-4-5-10-14(11)17-15(12)13;2*1-16(2,3)12-8-6-10-14-15(12)11-7-4-5-9-13(11)17-14;1-16(2,3)11-8-9-15-13(10-11)12-6-4-5-7-14(12)17-15/h2*4-9,11H,10H2,1-3H3;4*4-10H,1-3H3. The van der Waals surface area contributed by atoms with Gasteiger partial charge in [0.1, 0.15) is 22.3 Å². The highest BCUT2D eigenvalue weighted by molar-refractivity contribution is 7.26. The van der Waals surface area contributed by atoms with Crippen molar-refractivity contribution in [1.29, 1.82) is 0 Å². The lowest BCUT2D eigenvalue weighted by Crippen LogP contribution is -2.11. The van der Waals surface area contributed by atoms with Crippen LogP contribution in [-0.4, -0.2) is 0 Å². The van der Waals surface area contributed by atoms with Gasteiger partial charge in [0.05, 0.1) is 0 Å². The molecule has 0 saturated heterocycles. The molecular formula is C98H100O2S2. The van der Waals surface area contributed by atoms with E-state index in [0.29, 0.717) is 0 Å². The van der Waals surface area contributed by atoms with E-state index in [1.54, 1.807) is 0 Å². The Morgan fingerprint density at radius 2 is 0.608 bits per heavy atom. The van der Waals surface area contributed by atoms with Gasteiger partial charge in [0.2, 0.25) is 0 Å². The maximum Gasteiger partial charge on any atom is 0.139 e. The number of hydrogen-bond acceptors (Lipinski definition) is 4. The first kappa shape index (κ1) is 71.1. The number of benzene rings is 12. The molecule has 0 N–H and O–H groups in total. The van der Waals surface area contributed by atoms with Crippen LogP contribution in [0.3, 0.4) is 0 Å². The van der Waals surface area contributed by atoms with Crippen molar-refractivity contribution in [3.8, 4) is 22.3 Å². The topological polar surface area (TPSA) is 26.3 Å². The second-order valence-electron chi connectivity index (χ2n) is 34.1. The molecule has 16 aromatic rings. The van der Waals surface area contributed by atoms with Crippen molar-refractivity contribution in [3.05, 3.63) is 310 Å². The molecule has 0 bridgehead atoms. The molecule has 4 heteroatoms. The lowest BCUT2D eigenvalue weighted by molar-refractivity contribution is 0.573. The average molecular weight is 1370 g/mol. The van der Waals surface area contributed by atoms with Gasteiger partial charge in [-0.15, -0.1) is 22.7 Å². The zero-order valence-corrected chi connectivity index (χ0v) is 64.9. The van der Waals surface area contributed by atoms with Gasteiger partial charge in [0.15, 0.2) is 0 Å². The molecule has 0 unspecified atom stereocenters. The Morgan fingerprint density at radius 1 is 0.235 bits per heavy atom. The van der Waals surface area contributed by atoms with Gasteiger partial charge in [-0.2, -0.15) is 0 Å². The van der Waals surface area contributed by atoms with Crippen LogP contribution in [-0.2, 0) is 45.3 Å². The number of rotatable bonds is 0. The molecule has 0 amide bonds. The Morgan fingerprint density at radius 3 is 1.17 bits per heavy atom. The van der Waals surface area contributed by atoms with Crippen molar-refractivity contribution in [2.24, 2.45) is 0 Å². The van der Waals surface area contributed by atoms with Gasteiger partial charge in [-0.25, -0.2) is 0 Å². The Balaban J connectivity index is 0.000000109. The van der Waals surface area contributed by atoms with Crippen molar-refractivity contribution in [3.63, 3.8) is 0 Å². The van der Waals surface area contributed by atoms with Crippen LogP contribution in [0.2, 0.25) is 0 Å². The number of furan rings is 2. The average Bonchev–Trinajstić information content (AvgIpc) is 1.45. The summed E-state index contributed by atoms with van der Waals surface area (Å²) in [6.07, 6.45) is 2.19. The van der Waals surface area contributed by atoms with Crippen molar-refractivity contribution in [1.82, 2.24) is 0 Å². The molecule has 516 valence electrons. The van der Waals surface area contributed by atoms with Crippen molar-refractivity contribution in [2.45, 2.75) is 170 Å². The molecule has 102 heavy (non-hydrogen) atoms. The summed E-state index contributed by atoms with van der Waals surface area (Å²) in [5.74, 6) is 0. The third-order valence-corrected chi connectivity index (χ3v) is 22.5. The SMILES string of the molecule is CC(C)(C)c1ccc2c(c1)Cc1ccccc1-2.CC(C)(C)c1ccc2c(c1)Cc1ccccc1-2.CC(C)(C)c1ccc2sc3ccccc3c2c1.CC(C)(C)c1cccc2c1oc1ccccc12.CC(C)(C)c1cccc2oc3ccccc3c12.CC(C)(C)c1cccc2sc3ccccc3c12. The van der Waals surface area contributed by atoms with Crippen LogP contribution in [0.5, 0.6) is 0 Å². The van der Waals surface area contributed by atoms with Gasteiger partial charge in [-0.05, 0) is 166 Å². The summed E-state index contributed by atoms with van der Waals surface area (Å²) in [6.45, 7) is 40.7.